The van der Waals surface area contributed by atoms with E-state index in [0.717, 1.165) is 6.42 Å². The van der Waals surface area contributed by atoms with Crippen molar-refractivity contribution in [3.63, 3.8) is 0 Å². The van der Waals surface area contributed by atoms with E-state index in [1.165, 1.54) is 19.3 Å². The molecule has 1 aliphatic carbocycles. The van der Waals surface area contributed by atoms with Crippen molar-refractivity contribution in [2.45, 2.75) is 25.7 Å². The highest BCUT2D eigenvalue weighted by molar-refractivity contribution is 4.90. The van der Waals surface area contributed by atoms with Gasteiger partial charge in [-0.15, -0.1) is 0 Å². The van der Waals surface area contributed by atoms with Gasteiger partial charge in [-0.2, -0.15) is 0 Å². The smallest absolute Gasteiger partial charge is 0.00979 e. The Hall–Kier alpha value is -0.520. The van der Waals surface area contributed by atoms with Crippen molar-refractivity contribution in [2.24, 2.45) is 0 Å². The minimum atomic E-state index is 1.01. The van der Waals surface area contributed by atoms with Gasteiger partial charge in [0.05, 0.1) is 0 Å². The van der Waals surface area contributed by atoms with Gasteiger partial charge < -0.3 is 0 Å². The first-order valence-electron chi connectivity index (χ1n) is 3.20. The topological polar surface area (TPSA) is 0 Å². The van der Waals surface area contributed by atoms with Gasteiger partial charge in [0.2, 0.25) is 0 Å². The standard InChI is InChI=1S/C8H11/c1-2-4-6-8-7-5-3-1/h1-2,8H,3-5,7H2. The Morgan fingerprint density at radius 3 is 3.12 bits per heavy atom. The van der Waals surface area contributed by atoms with Crippen molar-refractivity contribution in [1.29, 1.82) is 0 Å². The third kappa shape index (κ3) is 1.97. The van der Waals surface area contributed by atoms with Gasteiger partial charge in [-0.05, 0) is 31.8 Å². The molecule has 0 heteroatoms. The second-order valence-corrected chi connectivity index (χ2v) is 2.01. The van der Waals surface area contributed by atoms with Gasteiger partial charge >= 0.3 is 0 Å². The van der Waals surface area contributed by atoms with Gasteiger partial charge in [0.1, 0.15) is 0 Å². The highest BCUT2D eigenvalue weighted by Crippen LogP contribution is 2.02. The minimum Gasteiger partial charge on any atom is -0.0882 e. The zero-order chi connectivity index (χ0) is 5.66. The molecule has 1 rings (SSSR count). The van der Waals surface area contributed by atoms with E-state index in [-0.39, 0.29) is 0 Å². The van der Waals surface area contributed by atoms with Crippen LogP contribution in [0.2, 0.25) is 0 Å². The van der Waals surface area contributed by atoms with Crippen LogP contribution < -0.4 is 0 Å². The van der Waals surface area contributed by atoms with Crippen molar-refractivity contribution >= 4 is 0 Å². The van der Waals surface area contributed by atoms with Crippen LogP contribution in [0.1, 0.15) is 25.7 Å². The molecular formula is C8H11. The molecule has 0 atom stereocenters. The van der Waals surface area contributed by atoms with Gasteiger partial charge in [0.25, 0.3) is 0 Å². The molecule has 8 heavy (non-hydrogen) atoms. The Bertz CT molecular complexity index is 86.6. The third-order valence-electron chi connectivity index (χ3n) is 1.27. The lowest BCUT2D eigenvalue weighted by Gasteiger charge is -1.92. The molecule has 1 aliphatic rings. The van der Waals surface area contributed by atoms with Gasteiger partial charge in [0, 0.05) is 0 Å². The summed E-state index contributed by atoms with van der Waals surface area (Å²) in [6.07, 6.45) is 14.5. The lowest BCUT2D eigenvalue weighted by Crippen LogP contribution is -1.73. The van der Waals surface area contributed by atoms with Gasteiger partial charge in [-0.1, -0.05) is 18.2 Å². The van der Waals surface area contributed by atoms with E-state index >= 15 is 0 Å². The van der Waals surface area contributed by atoms with E-state index in [9.17, 15) is 0 Å². The molecule has 0 saturated carbocycles. The van der Waals surface area contributed by atoms with E-state index in [2.05, 4.69) is 24.3 Å². The third-order valence-corrected chi connectivity index (χ3v) is 1.27. The number of allylic oxidation sites excluding steroid dienone is 4. The molecule has 0 amide bonds. The molecule has 0 saturated heterocycles. The summed E-state index contributed by atoms with van der Waals surface area (Å²) in [7, 11) is 0. The van der Waals surface area contributed by atoms with Gasteiger partial charge in [-0.3, -0.25) is 0 Å². The predicted molar refractivity (Wildman–Crippen MR) is 35.4 cm³/mol. The summed E-state index contributed by atoms with van der Waals surface area (Å²) < 4.78 is 0. The first kappa shape index (κ1) is 5.61. The number of rotatable bonds is 0. The Morgan fingerprint density at radius 2 is 2.12 bits per heavy atom. The quantitative estimate of drug-likeness (QED) is 0.417. The monoisotopic (exact) mass is 107 g/mol. The van der Waals surface area contributed by atoms with Crippen molar-refractivity contribution in [3.05, 3.63) is 24.3 Å². The maximum absolute atomic E-state index is 3.18. The highest BCUT2D eigenvalue weighted by atomic mass is 13.9. The van der Waals surface area contributed by atoms with Crippen LogP contribution in [0.25, 0.3) is 0 Å². The van der Waals surface area contributed by atoms with Gasteiger partial charge in [0.15, 0.2) is 0 Å². The lowest BCUT2D eigenvalue weighted by atomic mass is 10.1. The van der Waals surface area contributed by atoms with Crippen LogP contribution in [-0.4, -0.2) is 0 Å². The maximum atomic E-state index is 3.18. The van der Waals surface area contributed by atoms with Crippen molar-refractivity contribution < 1.29 is 0 Å². The second kappa shape index (κ2) is 3.48. The van der Waals surface area contributed by atoms with Crippen molar-refractivity contribution in [3.8, 4) is 0 Å². The lowest BCUT2D eigenvalue weighted by molar-refractivity contribution is 0.853. The molecule has 0 unspecified atom stereocenters. The van der Waals surface area contributed by atoms with E-state index in [4.69, 9.17) is 0 Å². The molecule has 0 aliphatic heterocycles. The molecular weight excluding hydrogens is 96.1 g/mol. The molecule has 0 heterocycles. The molecule has 0 N–H and O–H groups in total. The zero-order valence-electron chi connectivity index (χ0n) is 5.06. The van der Waals surface area contributed by atoms with E-state index < -0.39 is 0 Å². The Balaban J connectivity index is 2.31. The van der Waals surface area contributed by atoms with Crippen LogP contribution in [0.3, 0.4) is 0 Å². The summed E-state index contributed by atoms with van der Waals surface area (Å²) in [6, 6.07) is 0. The first-order valence-corrected chi connectivity index (χ1v) is 3.20. The summed E-state index contributed by atoms with van der Waals surface area (Å²) in [5, 5.41) is 0. The Morgan fingerprint density at radius 1 is 1.12 bits per heavy atom. The van der Waals surface area contributed by atoms with Crippen LogP contribution in [0.15, 0.2) is 18.2 Å². The first-order chi connectivity index (χ1) is 4.00. The molecule has 0 spiro atoms. The number of hydrogen-bond donors (Lipinski definition) is 0. The molecule has 0 bridgehead atoms. The fourth-order valence-electron chi connectivity index (χ4n) is 0.792. The molecule has 0 aromatic carbocycles. The molecule has 0 fully saturated rings. The predicted octanol–water partition coefficient (Wildman–Crippen LogP) is 2.48. The van der Waals surface area contributed by atoms with Crippen molar-refractivity contribution in [2.75, 3.05) is 0 Å². The fraction of sp³-hybridized carbons (Fsp3) is 0.500. The highest BCUT2D eigenvalue weighted by Gasteiger charge is 1.83. The van der Waals surface area contributed by atoms with E-state index in [1.54, 1.807) is 0 Å². The normalized spacial score (nSPS) is 20.0. The summed E-state index contributed by atoms with van der Waals surface area (Å²) in [5.74, 6) is 0. The van der Waals surface area contributed by atoms with Crippen LogP contribution in [0.5, 0.6) is 0 Å². The molecule has 0 aromatic rings. The average molecular weight is 107 g/mol. The Labute approximate surface area is 50.9 Å². The SMILES string of the molecule is [C]1=CCCCC=CC1. The van der Waals surface area contributed by atoms with Crippen LogP contribution >= 0.6 is 0 Å². The van der Waals surface area contributed by atoms with E-state index in [0.29, 0.717) is 0 Å². The molecule has 0 aromatic heterocycles. The van der Waals surface area contributed by atoms with Crippen LogP contribution in [-0.2, 0) is 0 Å². The zero-order valence-corrected chi connectivity index (χ0v) is 5.06. The summed E-state index contributed by atoms with van der Waals surface area (Å²) in [5.41, 5.74) is 0. The molecule has 0 nitrogen and oxygen atoms in total. The fourth-order valence-corrected chi connectivity index (χ4v) is 0.792. The Kier molecular flexibility index (Phi) is 2.44. The number of hydrogen-bond acceptors (Lipinski definition) is 0. The molecule has 1 radical (unpaired) electrons. The largest absolute Gasteiger partial charge is 0.0882 e. The van der Waals surface area contributed by atoms with Crippen LogP contribution in [0, 0.1) is 6.08 Å². The van der Waals surface area contributed by atoms with Gasteiger partial charge in [-0.25, -0.2) is 0 Å². The summed E-state index contributed by atoms with van der Waals surface area (Å²) in [4.78, 5) is 0. The maximum Gasteiger partial charge on any atom is -0.00979 e. The second-order valence-electron chi connectivity index (χ2n) is 2.01. The minimum absolute atomic E-state index is 1.01. The van der Waals surface area contributed by atoms with E-state index in [1.807, 2.05) is 0 Å². The van der Waals surface area contributed by atoms with Crippen LogP contribution in [0.4, 0.5) is 0 Å². The summed E-state index contributed by atoms with van der Waals surface area (Å²) >= 11 is 0. The summed E-state index contributed by atoms with van der Waals surface area (Å²) in [6.45, 7) is 0. The average Bonchev–Trinajstić information content (AvgIpc) is 1.62. The molecule has 43 valence electrons. The van der Waals surface area contributed by atoms with Crippen molar-refractivity contribution in [1.82, 2.24) is 0 Å².